The maximum absolute atomic E-state index is 11.3. The molecule has 1 saturated heterocycles. The van der Waals surface area contributed by atoms with Crippen LogP contribution in [0.4, 0.5) is 4.79 Å². The number of nitrogens with zero attached hydrogens (tertiary/aromatic N) is 7. The highest BCUT2D eigenvalue weighted by Crippen LogP contribution is 2.35. The van der Waals surface area contributed by atoms with E-state index in [-0.39, 0.29) is 6.42 Å². The molecule has 0 unspecified atom stereocenters. The summed E-state index contributed by atoms with van der Waals surface area (Å²) >= 11 is 0. The maximum atomic E-state index is 11.3. The third-order valence-electron chi connectivity index (χ3n) is 6.50. The molecule has 1 N–H and O–H groups in total. The molecule has 0 spiro atoms. The molecule has 0 aromatic carbocycles. The van der Waals surface area contributed by atoms with Crippen molar-refractivity contribution in [3.63, 3.8) is 0 Å². The summed E-state index contributed by atoms with van der Waals surface area (Å²) in [5.41, 5.74) is 1.88. The standard InChI is InChI=1S/C23H31N7O3Si/c1-34(2,3)13-12-33-17-29-9-4-19-20(25-16-26-21(19)29)18-14-27-30(15-18)23(5-8-24)6-10-28(11-7-23)22(31)32/h4,9,14-16H,5-7,10-13,17H2,1-3H3,(H,31,32). The highest BCUT2D eigenvalue weighted by Gasteiger charge is 2.38. The summed E-state index contributed by atoms with van der Waals surface area (Å²) in [7, 11) is -1.14. The molecule has 1 aliphatic heterocycles. The van der Waals surface area contributed by atoms with Crippen LogP contribution in [0.1, 0.15) is 19.3 Å². The Morgan fingerprint density at radius 2 is 2.06 bits per heavy atom. The fourth-order valence-corrected chi connectivity index (χ4v) is 5.09. The highest BCUT2D eigenvalue weighted by atomic mass is 28.3. The summed E-state index contributed by atoms with van der Waals surface area (Å²) in [5, 5.41) is 24.2. The van der Waals surface area contributed by atoms with Gasteiger partial charge in [0.05, 0.1) is 29.9 Å². The Hall–Kier alpha value is -3.23. The lowest BCUT2D eigenvalue weighted by atomic mass is 9.85. The van der Waals surface area contributed by atoms with Crippen molar-refractivity contribution in [2.45, 2.75) is 57.2 Å². The average molecular weight is 482 g/mol. The molecule has 180 valence electrons. The monoisotopic (exact) mass is 481 g/mol. The molecule has 1 amide bonds. The van der Waals surface area contributed by atoms with Crippen molar-refractivity contribution in [1.82, 2.24) is 29.2 Å². The van der Waals surface area contributed by atoms with Gasteiger partial charge in [0.15, 0.2) is 0 Å². The molecular weight excluding hydrogens is 450 g/mol. The minimum absolute atomic E-state index is 0.270. The molecule has 10 nitrogen and oxygen atoms in total. The van der Waals surface area contributed by atoms with Crippen LogP contribution < -0.4 is 0 Å². The summed E-state index contributed by atoms with van der Waals surface area (Å²) < 4.78 is 9.71. The predicted octanol–water partition coefficient (Wildman–Crippen LogP) is 3.99. The van der Waals surface area contributed by atoms with Gasteiger partial charge in [-0.05, 0) is 25.0 Å². The summed E-state index contributed by atoms with van der Waals surface area (Å²) in [4.78, 5) is 21.7. The number of nitriles is 1. The number of fused-ring (bicyclic) bond motifs is 1. The fraction of sp³-hybridized carbons (Fsp3) is 0.522. The fourth-order valence-electron chi connectivity index (χ4n) is 4.33. The van der Waals surface area contributed by atoms with E-state index in [4.69, 9.17) is 4.74 Å². The first kappa shape index (κ1) is 23.9. The lowest BCUT2D eigenvalue weighted by Crippen LogP contribution is -2.47. The van der Waals surface area contributed by atoms with Crippen molar-refractivity contribution in [3.8, 4) is 17.3 Å². The first-order valence-electron chi connectivity index (χ1n) is 11.5. The average Bonchev–Trinajstić information content (AvgIpc) is 3.44. The molecule has 3 aromatic heterocycles. The molecule has 0 radical (unpaired) electrons. The number of carbonyl (C=O) groups is 1. The van der Waals surface area contributed by atoms with Crippen molar-refractivity contribution < 1.29 is 14.6 Å². The molecule has 1 fully saturated rings. The molecule has 1 aliphatic rings. The second-order valence-electron chi connectivity index (χ2n) is 10.1. The lowest BCUT2D eigenvalue weighted by Gasteiger charge is -2.39. The molecular formula is C23H31N7O3Si. The molecule has 0 saturated carbocycles. The van der Waals surface area contributed by atoms with Crippen LogP contribution in [0.5, 0.6) is 0 Å². The molecule has 0 bridgehead atoms. The zero-order valence-corrected chi connectivity index (χ0v) is 20.9. The van der Waals surface area contributed by atoms with Crippen molar-refractivity contribution in [1.29, 1.82) is 5.26 Å². The molecule has 3 aromatic rings. The Bertz CT molecular complexity index is 1200. The number of ether oxygens (including phenoxy) is 1. The van der Waals surface area contributed by atoms with Crippen LogP contribution in [-0.2, 0) is 17.0 Å². The quantitative estimate of drug-likeness (QED) is 0.381. The molecule has 0 atom stereocenters. The van der Waals surface area contributed by atoms with Crippen LogP contribution in [-0.4, -0.2) is 68.2 Å². The van der Waals surface area contributed by atoms with Gasteiger partial charge in [-0.2, -0.15) is 10.4 Å². The molecule has 4 rings (SSSR count). The minimum Gasteiger partial charge on any atom is -0.465 e. The summed E-state index contributed by atoms with van der Waals surface area (Å²) in [6.07, 6.45) is 7.60. The Morgan fingerprint density at radius 3 is 2.74 bits per heavy atom. The van der Waals surface area contributed by atoms with Crippen molar-refractivity contribution in [2.75, 3.05) is 19.7 Å². The van der Waals surface area contributed by atoms with E-state index in [1.165, 1.54) is 4.90 Å². The Labute approximate surface area is 199 Å². The van der Waals surface area contributed by atoms with Crippen LogP contribution in [0.15, 0.2) is 31.0 Å². The Balaban J connectivity index is 1.55. The number of hydrogen-bond donors (Lipinski definition) is 1. The van der Waals surface area contributed by atoms with E-state index in [0.29, 0.717) is 32.7 Å². The van der Waals surface area contributed by atoms with Gasteiger partial charge < -0.3 is 19.3 Å². The lowest BCUT2D eigenvalue weighted by molar-refractivity contribution is 0.0887. The molecule has 4 heterocycles. The van der Waals surface area contributed by atoms with Crippen LogP contribution in [0.3, 0.4) is 0 Å². The number of hydrogen-bond acceptors (Lipinski definition) is 6. The van der Waals surface area contributed by atoms with Gasteiger partial charge in [0, 0.05) is 51.1 Å². The van der Waals surface area contributed by atoms with E-state index in [2.05, 4.69) is 40.8 Å². The smallest absolute Gasteiger partial charge is 0.407 e. The van der Waals surface area contributed by atoms with Gasteiger partial charge >= 0.3 is 6.09 Å². The maximum Gasteiger partial charge on any atom is 0.407 e. The van der Waals surface area contributed by atoms with E-state index in [1.807, 2.05) is 27.7 Å². The summed E-state index contributed by atoms with van der Waals surface area (Å²) in [6, 6.07) is 5.37. The molecule has 34 heavy (non-hydrogen) atoms. The number of amides is 1. The number of carboxylic acid groups (broad SMARTS) is 1. The third-order valence-corrected chi connectivity index (χ3v) is 8.20. The Kier molecular flexibility index (Phi) is 6.72. The zero-order chi connectivity index (χ0) is 24.3. The van der Waals surface area contributed by atoms with Gasteiger partial charge in [-0.25, -0.2) is 14.8 Å². The van der Waals surface area contributed by atoms with E-state index in [9.17, 15) is 15.2 Å². The highest BCUT2D eigenvalue weighted by molar-refractivity contribution is 6.76. The number of rotatable bonds is 8. The van der Waals surface area contributed by atoms with Gasteiger partial charge in [-0.1, -0.05) is 19.6 Å². The van der Waals surface area contributed by atoms with E-state index in [1.54, 1.807) is 12.5 Å². The first-order chi connectivity index (χ1) is 16.2. The zero-order valence-electron chi connectivity index (χ0n) is 19.9. The molecule has 11 heteroatoms. The van der Waals surface area contributed by atoms with Crippen molar-refractivity contribution in [3.05, 3.63) is 31.0 Å². The number of aromatic nitrogens is 5. The third kappa shape index (κ3) is 4.98. The van der Waals surface area contributed by atoms with Gasteiger partial charge in [-0.3, -0.25) is 4.68 Å². The minimum atomic E-state index is -1.14. The van der Waals surface area contributed by atoms with E-state index >= 15 is 0 Å². The predicted molar refractivity (Wildman–Crippen MR) is 130 cm³/mol. The van der Waals surface area contributed by atoms with E-state index < -0.39 is 19.7 Å². The van der Waals surface area contributed by atoms with Gasteiger partial charge in [0.2, 0.25) is 0 Å². The van der Waals surface area contributed by atoms with Crippen LogP contribution in [0.25, 0.3) is 22.3 Å². The second-order valence-corrected chi connectivity index (χ2v) is 15.7. The van der Waals surface area contributed by atoms with Crippen LogP contribution >= 0.6 is 0 Å². The second kappa shape index (κ2) is 9.56. The van der Waals surface area contributed by atoms with E-state index in [0.717, 1.165) is 34.9 Å². The first-order valence-corrected chi connectivity index (χ1v) is 15.2. The normalized spacial score (nSPS) is 16.0. The van der Waals surface area contributed by atoms with Gasteiger partial charge in [0.1, 0.15) is 18.7 Å². The SMILES string of the molecule is C[Si](C)(C)CCOCn1ccc2c(-c3cnn(C4(CC#N)CCN(C(=O)O)CC4)c3)ncnc21. The Morgan fingerprint density at radius 1 is 1.29 bits per heavy atom. The van der Waals surface area contributed by atoms with Crippen LogP contribution in [0.2, 0.25) is 25.7 Å². The van der Waals surface area contributed by atoms with Crippen LogP contribution in [0, 0.1) is 11.3 Å². The van der Waals surface area contributed by atoms with Gasteiger partial charge in [-0.15, -0.1) is 0 Å². The van der Waals surface area contributed by atoms with Crippen molar-refractivity contribution in [2.24, 2.45) is 0 Å². The number of likely N-dealkylation sites (tertiary alicyclic amines) is 1. The largest absolute Gasteiger partial charge is 0.465 e. The van der Waals surface area contributed by atoms with Gasteiger partial charge in [0.25, 0.3) is 0 Å². The topological polar surface area (TPSA) is 122 Å². The molecule has 0 aliphatic carbocycles. The summed E-state index contributed by atoms with van der Waals surface area (Å²) in [6.45, 7) is 8.93. The van der Waals surface area contributed by atoms with Crippen molar-refractivity contribution >= 4 is 25.2 Å². The summed E-state index contributed by atoms with van der Waals surface area (Å²) in [5.74, 6) is 0. The number of piperidine rings is 1.